The van der Waals surface area contributed by atoms with Gasteiger partial charge in [0, 0.05) is 30.9 Å². The molecule has 2 amide bonds. The van der Waals surface area contributed by atoms with Crippen LogP contribution in [0.25, 0.3) is 0 Å². The zero-order chi connectivity index (χ0) is 30.2. The fourth-order valence-electron chi connectivity index (χ4n) is 5.90. The van der Waals surface area contributed by atoms with Gasteiger partial charge in [0.2, 0.25) is 0 Å². The molecule has 0 N–H and O–H groups in total. The van der Waals surface area contributed by atoms with Gasteiger partial charge in [-0.1, -0.05) is 37.3 Å². The number of fused-ring (bicyclic) bond motifs is 1. The Hall–Kier alpha value is -4.09. The van der Waals surface area contributed by atoms with E-state index < -0.39 is 29.7 Å². The minimum atomic E-state index is -4.59. The lowest BCUT2D eigenvalue weighted by atomic mass is 10.00. The van der Waals surface area contributed by atoms with Crippen molar-refractivity contribution in [1.82, 2.24) is 14.7 Å². The minimum Gasteiger partial charge on any atom is -0.469 e. The summed E-state index contributed by atoms with van der Waals surface area (Å²) in [4.78, 5) is 30.9. The van der Waals surface area contributed by atoms with Gasteiger partial charge in [-0.3, -0.25) is 14.4 Å². The fraction of sp³-hybridized carbons (Fsp3) is 0.433. The molecule has 2 aliphatic heterocycles. The monoisotopic (exact) mass is 587 g/mol. The van der Waals surface area contributed by atoms with Crippen molar-refractivity contribution in [3.8, 4) is 0 Å². The first-order valence-electron chi connectivity index (χ1n) is 13.9. The molecule has 0 radical (unpaired) electrons. The number of anilines is 2. The summed E-state index contributed by atoms with van der Waals surface area (Å²) in [6, 6.07) is 9.50. The maximum absolute atomic E-state index is 14.6. The van der Waals surface area contributed by atoms with E-state index in [1.165, 1.54) is 41.0 Å². The van der Waals surface area contributed by atoms with Gasteiger partial charge >= 0.3 is 18.2 Å². The first-order valence-corrected chi connectivity index (χ1v) is 13.9. The molecule has 1 fully saturated rings. The van der Waals surface area contributed by atoms with Crippen LogP contribution in [0.2, 0.25) is 0 Å². The Balaban J connectivity index is 1.43. The molecule has 8 nitrogen and oxygen atoms in total. The van der Waals surface area contributed by atoms with Gasteiger partial charge in [-0.2, -0.15) is 18.3 Å². The highest BCUT2D eigenvalue weighted by Gasteiger charge is 2.40. The molecule has 0 aliphatic carbocycles. The topological polar surface area (TPSA) is 70.9 Å². The van der Waals surface area contributed by atoms with Gasteiger partial charge in [0.05, 0.1) is 43.9 Å². The SMILES string of the molecule is COC(=O)C(C)Cn1cc2c(n1)N(Cc1ccccc1C(F)(F)F)C(=O)N(C1CCN(c3c(C)cccc3F)CC1)C2. The van der Waals surface area contributed by atoms with Gasteiger partial charge in [0.1, 0.15) is 5.82 Å². The zero-order valence-corrected chi connectivity index (χ0v) is 23.7. The summed E-state index contributed by atoms with van der Waals surface area (Å²) in [6.07, 6.45) is -1.73. The second-order valence-corrected chi connectivity index (χ2v) is 10.9. The van der Waals surface area contributed by atoms with Crippen LogP contribution in [0.1, 0.15) is 42.0 Å². The van der Waals surface area contributed by atoms with Crippen molar-refractivity contribution in [2.24, 2.45) is 5.92 Å². The molecule has 2 aromatic carbocycles. The number of methoxy groups -OCH3 is 1. The maximum atomic E-state index is 14.6. The van der Waals surface area contributed by atoms with E-state index in [0.717, 1.165) is 11.6 Å². The third-order valence-corrected chi connectivity index (χ3v) is 8.01. The van der Waals surface area contributed by atoms with Crippen molar-refractivity contribution >= 4 is 23.5 Å². The normalized spacial score (nSPS) is 16.9. The standard InChI is InChI=1S/C30H33F4N5O3/c1-19-7-6-10-25(31)26(19)36-13-11-23(12-14-36)38-18-22-16-37(15-20(2)28(40)42-3)35-27(22)39(29(38)41)17-21-8-4-5-9-24(21)30(32,33)34/h4-10,16,20,23H,11-15,17-18H2,1-3H3. The van der Waals surface area contributed by atoms with E-state index in [4.69, 9.17) is 4.74 Å². The van der Waals surface area contributed by atoms with Crippen LogP contribution in [0.5, 0.6) is 0 Å². The maximum Gasteiger partial charge on any atom is 0.416 e. The lowest BCUT2D eigenvalue weighted by molar-refractivity contribution is -0.145. The number of alkyl halides is 3. The Labute approximate surface area is 241 Å². The predicted molar refractivity (Wildman–Crippen MR) is 148 cm³/mol. The molecule has 3 heterocycles. The van der Waals surface area contributed by atoms with Crippen molar-refractivity contribution in [3.63, 3.8) is 0 Å². The third-order valence-electron chi connectivity index (χ3n) is 8.01. The zero-order valence-electron chi connectivity index (χ0n) is 23.7. The smallest absolute Gasteiger partial charge is 0.416 e. The van der Waals surface area contributed by atoms with E-state index in [1.54, 1.807) is 24.1 Å². The molecular weight excluding hydrogens is 554 g/mol. The number of benzene rings is 2. The second kappa shape index (κ2) is 11.7. The number of carbonyl (C=O) groups excluding carboxylic acids is 2. The van der Waals surface area contributed by atoms with Crippen molar-refractivity contribution in [3.05, 3.63) is 76.7 Å². The van der Waals surface area contributed by atoms with Crippen LogP contribution in [0.15, 0.2) is 48.7 Å². The summed E-state index contributed by atoms with van der Waals surface area (Å²) >= 11 is 0. The summed E-state index contributed by atoms with van der Waals surface area (Å²) in [5.41, 5.74) is 1.19. The highest BCUT2D eigenvalue weighted by Crippen LogP contribution is 2.37. The van der Waals surface area contributed by atoms with Crippen LogP contribution in [-0.2, 0) is 35.3 Å². The molecule has 5 rings (SSSR count). The van der Waals surface area contributed by atoms with Crippen LogP contribution in [0.3, 0.4) is 0 Å². The quantitative estimate of drug-likeness (QED) is 0.259. The number of ether oxygens (including phenoxy) is 1. The Kier molecular flexibility index (Phi) is 8.16. The van der Waals surface area contributed by atoms with Crippen molar-refractivity contribution in [1.29, 1.82) is 0 Å². The van der Waals surface area contributed by atoms with Gasteiger partial charge in [-0.05, 0) is 43.0 Å². The first kappa shape index (κ1) is 29.4. The molecule has 224 valence electrons. The molecule has 1 atom stereocenters. The van der Waals surface area contributed by atoms with Crippen LogP contribution in [0.4, 0.5) is 33.9 Å². The largest absolute Gasteiger partial charge is 0.469 e. The molecular formula is C30H33F4N5O3. The average molecular weight is 588 g/mol. The number of rotatable bonds is 7. The molecule has 1 saturated heterocycles. The van der Waals surface area contributed by atoms with Crippen LogP contribution >= 0.6 is 0 Å². The molecule has 0 saturated carbocycles. The Morgan fingerprint density at radius 1 is 1.12 bits per heavy atom. The molecule has 3 aromatic rings. The van der Waals surface area contributed by atoms with Crippen LogP contribution in [0, 0.1) is 18.7 Å². The number of amides is 2. The number of nitrogens with zero attached hydrogens (tertiary/aromatic N) is 5. The molecule has 1 aromatic heterocycles. The number of urea groups is 1. The summed E-state index contributed by atoms with van der Waals surface area (Å²) in [6.45, 7) is 4.67. The predicted octanol–water partition coefficient (Wildman–Crippen LogP) is 5.77. The molecule has 42 heavy (non-hydrogen) atoms. The van der Waals surface area contributed by atoms with Gasteiger partial charge in [0.25, 0.3) is 0 Å². The van der Waals surface area contributed by atoms with Gasteiger partial charge in [-0.15, -0.1) is 0 Å². The van der Waals surface area contributed by atoms with E-state index in [0.29, 0.717) is 37.2 Å². The summed E-state index contributed by atoms with van der Waals surface area (Å²) in [5.74, 6) is -0.970. The van der Waals surface area contributed by atoms with Gasteiger partial charge in [0.15, 0.2) is 5.82 Å². The second-order valence-electron chi connectivity index (χ2n) is 10.9. The molecule has 0 spiro atoms. The Morgan fingerprint density at radius 2 is 1.83 bits per heavy atom. The van der Waals surface area contributed by atoms with Crippen molar-refractivity contribution in [2.75, 3.05) is 30.0 Å². The summed E-state index contributed by atoms with van der Waals surface area (Å²) in [7, 11) is 1.29. The van der Waals surface area contributed by atoms with E-state index in [2.05, 4.69) is 5.10 Å². The number of carbonyl (C=O) groups is 2. The van der Waals surface area contributed by atoms with E-state index in [-0.39, 0.29) is 42.9 Å². The van der Waals surface area contributed by atoms with Crippen molar-refractivity contribution in [2.45, 2.75) is 58.5 Å². The summed E-state index contributed by atoms with van der Waals surface area (Å²) < 4.78 is 62.5. The van der Waals surface area contributed by atoms with E-state index in [9.17, 15) is 27.2 Å². The van der Waals surface area contributed by atoms with Gasteiger partial charge < -0.3 is 14.5 Å². The number of para-hydroxylation sites is 1. The van der Waals surface area contributed by atoms with Crippen molar-refractivity contribution < 1.29 is 31.9 Å². The molecule has 2 aliphatic rings. The first-order chi connectivity index (χ1) is 20.0. The highest BCUT2D eigenvalue weighted by atomic mass is 19.4. The van der Waals surface area contributed by atoms with E-state index in [1.807, 2.05) is 17.9 Å². The minimum absolute atomic E-state index is 0.0477. The lowest BCUT2D eigenvalue weighted by Crippen LogP contribution is -2.54. The highest BCUT2D eigenvalue weighted by molar-refractivity contribution is 5.94. The van der Waals surface area contributed by atoms with Crippen LogP contribution in [-0.4, -0.2) is 52.9 Å². The number of halogens is 4. The third kappa shape index (κ3) is 5.79. The number of piperidine rings is 1. The lowest BCUT2D eigenvalue weighted by Gasteiger charge is -2.43. The van der Waals surface area contributed by atoms with E-state index >= 15 is 0 Å². The Morgan fingerprint density at radius 3 is 2.50 bits per heavy atom. The fourth-order valence-corrected chi connectivity index (χ4v) is 5.90. The molecule has 0 bridgehead atoms. The average Bonchev–Trinajstić information content (AvgIpc) is 3.36. The number of hydrogen-bond donors (Lipinski definition) is 0. The molecule has 12 heteroatoms. The van der Waals surface area contributed by atoms with Crippen LogP contribution < -0.4 is 9.80 Å². The number of hydrogen-bond acceptors (Lipinski definition) is 5. The van der Waals surface area contributed by atoms with Gasteiger partial charge in [-0.25, -0.2) is 9.18 Å². The number of aryl methyl sites for hydroxylation is 1. The summed E-state index contributed by atoms with van der Waals surface area (Å²) in [5, 5.41) is 4.53. The Bertz CT molecular complexity index is 1450. The number of aromatic nitrogens is 2. The number of esters is 1. The molecule has 1 unspecified atom stereocenters.